The lowest BCUT2D eigenvalue weighted by Crippen LogP contribution is -2.36. The van der Waals surface area contributed by atoms with Crippen molar-refractivity contribution in [3.8, 4) is 0 Å². The molecule has 0 aliphatic rings. The Kier molecular flexibility index (Phi) is 6.02. The molecular weight excluding hydrogens is 278 g/mol. The Morgan fingerprint density at radius 3 is 2.35 bits per heavy atom. The van der Waals surface area contributed by atoms with Gasteiger partial charge in [0.2, 0.25) is 5.91 Å². The molecule has 20 heavy (non-hydrogen) atoms. The summed E-state index contributed by atoms with van der Waals surface area (Å²) < 4.78 is 0. The van der Waals surface area contributed by atoms with E-state index < -0.39 is 5.97 Å². The van der Waals surface area contributed by atoms with E-state index in [-0.39, 0.29) is 24.2 Å². The molecular formula is C15H20ClNO3. The molecule has 0 aliphatic carbocycles. The number of carbonyl (C=O) groups excluding carboxylic acids is 1. The summed E-state index contributed by atoms with van der Waals surface area (Å²) >= 11 is 5.85. The third-order valence-electron chi connectivity index (χ3n) is 3.15. The molecule has 1 aromatic carbocycles. The SMILES string of the molecule is CC(C)(CNC(=O)CCCC(=O)O)c1ccc(Cl)cc1. The third-order valence-corrected chi connectivity index (χ3v) is 3.40. The highest BCUT2D eigenvalue weighted by molar-refractivity contribution is 6.30. The molecule has 1 rings (SSSR count). The highest BCUT2D eigenvalue weighted by Crippen LogP contribution is 2.23. The number of carbonyl (C=O) groups is 2. The van der Waals surface area contributed by atoms with E-state index in [9.17, 15) is 9.59 Å². The lowest BCUT2D eigenvalue weighted by Gasteiger charge is -2.25. The first-order valence-electron chi connectivity index (χ1n) is 6.56. The molecule has 0 bridgehead atoms. The smallest absolute Gasteiger partial charge is 0.303 e. The number of halogens is 1. The second-order valence-electron chi connectivity index (χ2n) is 5.41. The minimum atomic E-state index is -0.876. The Bertz CT molecular complexity index is 469. The van der Waals surface area contributed by atoms with Crippen molar-refractivity contribution in [3.63, 3.8) is 0 Å². The molecule has 2 N–H and O–H groups in total. The molecule has 0 fully saturated rings. The Morgan fingerprint density at radius 1 is 1.20 bits per heavy atom. The third kappa shape index (κ3) is 5.61. The second-order valence-corrected chi connectivity index (χ2v) is 5.85. The Labute approximate surface area is 124 Å². The molecule has 0 saturated carbocycles. The number of amides is 1. The first kappa shape index (κ1) is 16.5. The summed E-state index contributed by atoms with van der Waals surface area (Å²) in [6.07, 6.45) is 0.625. The van der Waals surface area contributed by atoms with Gasteiger partial charge < -0.3 is 10.4 Å². The van der Waals surface area contributed by atoms with E-state index in [4.69, 9.17) is 16.7 Å². The standard InChI is InChI=1S/C15H20ClNO3/c1-15(2,11-6-8-12(16)9-7-11)10-17-13(18)4-3-5-14(19)20/h6-9H,3-5,10H2,1-2H3,(H,17,18)(H,19,20). The van der Waals surface area contributed by atoms with Crippen LogP contribution < -0.4 is 5.32 Å². The molecule has 5 heteroatoms. The average Bonchev–Trinajstić information content (AvgIpc) is 2.36. The zero-order chi connectivity index (χ0) is 15.2. The highest BCUT2D eigenvalue weighted by atomic mass is 35.5. The van der Waals surface area contributed by atoms with E-state index in [0.29, 0.717) is 18.0 Å². The molecule has 0 saturated heterocycles. The summed E-state index contributed by atoms with van der Waals surface area (Å²) in [5.41, 5.74) is 0.889. The normalized spacial score (nSPS) is 11.2. The zero-order valence-electron chi connectivity index (χ0n) is 11.8. The lowest BCUT2D eigenvalue weighted by molar-refractivity contribution is -0.137. The van der Waals surface area contributed by atoms with E-state index in [1.807, 2.05) is 38.1 Å². The van der Waals surface area contributed by atoms with Gasteiger partial charge in [0.15, 0.2) is 0 Å². The predicted molar refractivity (Wildman–Crippen MR) is 79.0 cm³/mol. The summed E-state index contributed by atoms with van der Waals surface area (Å²) in [6, 6.07) is 7.54. The van der Waals surface area contributed by atoms with Gasteiger partial charge in [0.1, 0.15) is 0 Å². The second kappa shape index (κ2) is 7.29. The van der Waals surface area contributed by atoms with Gasteiger partial charge in [-0.15, -0.1) is 0 Å². The van der Waals surface area contributed by atoms with E-state index in [2.05, 4.69) is 5.32 Å². The molecule has 1 aromatic rings. The molecule has 1 amide bonds. The van der Waals surface area contributed by atoms with Crippen molar-refractivity contribution >= 4 is 23.5 Å². The first-order chi connectivity index (χ1) is 9.31. The summed E-state index contributed by atoms with van der Waals surface area (Å²) in [6.45, 7) is 4.57. The number of aliphatic carboxylic acids is 1. The topological polar surface area (TPSA) is 66.4 Å². The van der Waals surface area contributed by atoms with E-state index in [1.165, 1.54) is 0 Å². The average molecular weight is 298 g/mol. The van der Waals surface area contributed by atoms with Crippen LogP contribution in [0.4, 0.5) is 0 Å². The van der Waals surface area contributed by atoms with Crippen molar-refractivity contribution in [3.05, 3.63) is 34.9 Å². The van der Waals surface area contributed by atoms with Crippen LogP contribution in [0.1, 0.15) is 38.7 Å². The summed E-state index contributed by atoms with van der Waals surface area (Å²) in [7, 11) is 0. The fraction of sp³-hybridized carbons (Fsp3) is 0.467. The number of hydrogen-bond acceptors (Lipinski definition) is 2. The number of carboxylic acid groups (broad SMARTS) is 1. The van der Waals surface area contributed by atoms with Gasteiger partial charge in [0, 0.05) is 29.8 Å². The van der Waals surface area contributed by atoms with Gasteiger partial charge in [-0.3, -0.25) is 9.59 Å². The molecule has 4 nitrogen and oxygen atoms in total. The molecule has 0 aliphatic heterocycles. The van der Waals surface area contributed by atoms with Crippen molar-refractivity contribution in [2.75, 3.05) is 6.54 Å². The van der Waals surface area contributed by atoms with Crippen molar-refractivity contribution in [1.29, 1.82) is 0 Å². The quantitative estimate of drug-likeness (QED) is 0.813. The Hall–Kier alpha value is -1.55. The van der Waals surface area contributed by atoms with Gasteiger partial charge in [0.25, 0.3) is 0 Å². The van der Waals surface area contributed by atoms with Crippen molar-refractivity contribution < 1.29 is 14.7 Å². The first-order valence-corrected chi connectivity index (χ1v) is 6.93. The van der Waals surface area contributed by atoms with Crippen molar-refractivity contribution in [1.82, 2.24) is 5.32 Å². The molecule has 0 spiro atoms. The molecule has 0 radical (unpaired) electrons. The van der Waals surface area contributed by atoms with Gasteiger partial charge in [-0.25, -0.2) is 0 Å². The van der Waals surface area contributed by atoms with Crippen LogP contribution in [-0.2, 0) is 15.0 Å². The van der Waals surface area contributed by atoms with Gasteiger partial charge in [-0.2, -0.15) is 0 Å². The number of benzene rings is 1. The van der Waals surface area contributed by atoms with Gasteiger partial charge >= 0.3 is 5.97 Å². The fourth-order valence-corrected chi connectivity index (χ4v) is 1.94. The van der Waals surface area contributed by atoms with Crippen molar-refractivity contribution in [2.45, 2.75) is 38.5 Å². The van der Waals surface area contributed by atoms with Crippen molar-refractivity contribution in [2.24, 2.45) is 0 Å². The molecule has 110 valence electrons. The number of rotatable bonds is 7. The predicted octanol–water partition coefficient (Wildman–Crippen LogP) is 2.99. The summed E-state index contributed by atoms with van der Waals surface area (Å²) in [5.74, 6) is -0.993. The van der Waals surface area contributed by atoms with Crippen LogP contribution in [0.25, 0.3) is 0 Å². The van der Waals surface area contributed by atoms with Gasteiger partial charge in [-0.1, -0.05) is 37.6 Å². The molecule has 0 atom stereocenters. The minimum absolute atomic E-state index is 0.0218. The number of carboxylic acids is 1. The van der Waals surface area contributed by atoms with E-state index in [0.717, 1.165) is 5.56 Å². The maximum absolute atomic E-state index is 11.6. The van der Waals surface area contributed by atoms with Crippen LogP contribution in [0.2, 0.25) is 5.02 Å². The lowest BCUT2D eigenvalue weighted by atomic mass is 9.84. The fourth-order valence-electron chi connectivity index (χ4n) is 1.81. The monoisotopic (exact) mass is 297 g/mol. The molecule has 0 heterocycles. The molecule has 0 aromatic heterocycles. The summed E-state index contributed by atoms with van der Waals surface area (Å²) in [4.78, 5) is 22.0. The molecule has 0 unspecified atom stereocenters. The van der Waals surface area contributed by atoms with E-state index >= 15 is 0 Å². The van der Waals surface area contributed by atoms with Crippen LogP contribution in [0.5, 0.6) is 0 Å². The maximum atomic E-state index is 11.6. The van der Waals surface area contributed by atoms with Crippen LogP contribution in [-0.4, -0.2) is 23.5 Å². The number of nitrogens with one attached hydrogen (secondary N) is 1. The van der Waals surface area contributed by atoms with Crippen LogP contribution >= 0.6 is 11.6 Å². The zero-order valence-corrected chi connectivity index (χ0v) is 12.5. The van der Waals surface area contributed by atoms with E-state index in [1.54, 1.807) is 0 Å². The van der Waals surface area contributed by atoms with Crippen LogP contribution in [0, 0.1) is 0 Å². The van der Waals surface area contributed by atoms with Crippen LogP contribution in [0.3, 0.4) is 0 Å². The number of hydrogen-bond donors (Lipinski definition) is 2. The minimum Gasteiger partial charge on any atom is -0.481 e. The Morgan fingerprint density at radius 2 is 1.80 bits per heavy atom. The van der Waals surface area contributed by atoms with Crippen LogP contribution in [0.15, 0.2) is 24.3 Å². The largest absolute Gasteiger partial charge is 0.481 e. The highest BCUT2D eigenvalue weighted by Gasteiger charge is 2.21. The maximum Gasteiger partial charge on any atom is 0.303 e. The van der Waals surface area contributed by atoms with Gasteiger partial charge in [-0.05, 0) is 24.1 Å². The summed E-state index contributed by atoms with van der Waals surface area (Å²) in [5, 5.41) is 12.0. The van der Waals surface area contributed by atoms with Gasteiger partial charge in [0.05, 0.1) is 0 Å². The Balaban J connectivity index is 2.44.